The third-order valence-corrected chi connectivity index (χ3v) is 8.37. The summed E-state index contributed by atoms with van der Waals surface area (Å²) in [6, 6.07) is 25.2. The molecular weight excluding hydrogens is 555 g/mol. The highest BCUT2D eigenvalue weighted by Gasteiger charge is 2.17. The van der Waals surface area contributed by atoms with Crippen molar-refractivity contribution in [3.8, 4) is 22.5 Å². The van der Waals surface area contributed by atoms with Crippen LogP contribution in [0.4, 0.5) is 10.8 Å². The first-order valence-electron chi connectivity index (χ1n) is 11.6. The van der Waals surface area contributed by atoms with Gasteiger partial charge in [0.2, 0.25) is 16.2 Å². The second kappa shape index (κ2) is 11.7. The average molecular weight is 576 g/mol. The van der Waals surface area contributed by atoms with E-state index < -0.39 is 10.0 Å². The highest BCUT2D eigenvalue weighted by molar-refractivity contribution is 7.99. The number of carbonyl (C=O) groups is 1. The number of rotatable bonds is 9. The van der Waals surface area contributed by atoms with Gasteiger partial charge in [-0.25, -0.2) is 13.4 Å². The highest BCUT2D eigenvalue weighted by Crippen LogP contribution is 2.29. The molecule has 5 rings (SSSR count). The monoisotopic (exact) mass is 575 g/mol. The van der Waals surface area contributed by atoms with Crippen LogP contribution in [0.25, 0.3) is 22.5 Å². The maximum absolute atomic E-state index is 12.6. The Hall–Kier alpha value is -4.20. The van der Waals surface area contributed by atoms with Crippen molar-refractivity contribution >= 4 is 49.8 Å². The van der Waals surface area contributed by atoms with Crippen LogP contribution in [0.2, 0.25) is 0 Å². The Balaban J connectivity index is 1.25. The van der Waals surface area contributed by atoms with Gasteiger partial charge in [0.1, 0.15) is 16.4 Å². The van der Waals surface area contributed by atoms with Crippen molar-refractivity contribution in [3.63, 3.8) is 0 Å². The SMILES string of the molecule is Cc1nnc(NS(=O)(=O)c2ccc(NC(=O)CSc3nnc(-c4ccccc4)c(-c4ccccc4)n3)cc2)s1. The van der Waals surface area contributed by atoms with Crippen LogP contribution in [0, 0.1) is 6.92 Å². The second-order valence-corrected chi connectivity index (χ2v) is 11.9. The van der Waals surface area contributed by atoms with Crippen molar-refractivity contribution in [2.24, 2.45) is 0 Å². The normalized spacial score (nSPS) is 11.2. The van der Waals surface area contributed by atoms with Crippen LogP contribution in [-0.4, -0.2) is 45.5 Å². The molecule has 0 aliphatic heterocycles. The molecule has 196 valence electrons. The zero-order chi connectivity index (χ0) is 27.2. The van der Waals surface area contributed by atoms with Crippen LogP contribution in [-0.2, 0) is 14.8 Å². The number of thioether (sulfide) groups is 1. The van der Waals surface area contributed by atoms with Crippen LogP contribution < -0.4 is 10.0 Å². The molecule has 39 heavy (non-hydrogen) atoms. The second-order valence-electron chi connectivity index (χ2n) is 8.12. The molecule has 0 aliphatic rings. The number of carbonyl (C=O) groups excluding carboxylic acids is 1. The van der Waals surface area contributed by atoms with Crippen LogP contribution in [0.1, 0.15) is 5.01 Å². The molecule has 0 atom stereocenters. The van der Waals surface area contributed by atoms with E-state index >= 15 is 0 Å². The highest BCUT2D eigenvalue weighted by atomic mass is 32.2. The first-order chi connectivity index (χ1) is 18.9. The van der Waals surface area contributed by atoms with Gasteiger partial charge in [-0.3, -0.25) is 9.52 Å². The van der Waals surface area contributed by atoms with Crippen LogP contribution in [0.3, 0.4) is 0 Å². The van der Waals surface area contributed by atoms with Crippen molar-refractivity contribution < 1.29 is 13.2 Å². The molecule has 2 aromatic heterocycles. The summed E-state index contributed by atoms with van der Waals surface area (Å²) in [5.41, 5.74) is 3.57. The molecule has 0 saturated carbocycles. The summed E-state index contributed by atoms with van der Waals surface area (Å²) in [5, 5.41) is 20.2. The fourth-order valence-electron chi connectivity index (χ4n) is 3.52. The molecule has 0 bridgehead atoms. The van der Waals surface area contributed by atoms with E-state index in [1.807, 2.05) is 60.7 Å². The number of hydrogen-bond donors (Lipinski definition) is 2. The van der Waals surface area contributed by atoms with E-state index in [0.29, 0.717) is 27.2 Å². The Kier molecular flexibility index (Phi) is 7.91. The molecule has 2 N–H and O–H groups in total. The number of aryl methyl sites for hydroxylation is 1. The fraction of sp³-hybridized carbons (Fsp3) is 0.0769. The molecule has 0 aliphatic carbocycles. The molecule has 5 aromatic rings. The summed E-state index contributed by atoms with van der Waals surface area (Å²) in [6.07, 6.45) is 0. The molecule has 0 saturated heterocycles. The quantitative estimate of drug-likeness (QED) is 0.235. The summed E-state index contributed by atoms with van der Waals surface area (Å²) in [5.74, 6) is -0.256. The molecule has 0 spiro atoms. The van der Waals surface area contributed by atoms with E-state index in [1.165, 1.54) is 24.3 Å². The third-order valence-electron chi connectivity index (χ3n) is 5.29. The lowest BCUT2D eigenvalue weighted by atomic mass is 10.0. The number of amides is 1. The maximum Gasteiger partial charge on any atom is 0.263 e. The minimum atomic E-state index is -3.82. The number of benzene rings is 3. The van der Waals surface area contributed by atoms with E-state index in [2.05, 4.69) is 30.4 Å². The molecule has 0 unspecified atom stereocenters. The Morgan fingerprint density at radius 1 is 0.821 bits per heavy atom. The van der Waals surface area contributed by atoms with Gasteiger partial charge >= 0.3 is 0 Å². The smallest absolute Gasteiger partial charge is 0.263 e. The van der Waals surface area contributed by atoms with E-state index in [9.17, 15) is 13.2 Å². The summed E-state index contributed by atoms with van der Waals surface area (Å²) >= 11 is 2.29. The predicted octanol–water partition coefficient (Wildman–Crippen LogP) is 4.90. The Morgan fingerprint density at radius 3 is 2.08 bits per heavy atom. The van der Waals surface area contributed by atoms with E-state index in [1.54, 1.807) is 6.92 Å². The van der Waals surface area contributed by atoms with Gasteiger partial charge in [0.05, 0.1) is 10.6 Å². The minimum absolute atomic E-state index is 0.0362. The van der Waals surface area contributed by atoms with Gasteiger partial charge in [0.15, 0.2) is 0 Å². The molecular formula is C26H21N7O3S3. The number of anilines is 2. The lowest BCUT2D eigenvalue weighted by Gasteiger charge is -2.10. The van der Waals surface area contributed by atoms with Crippen molar-refractivity contribution in [2.45, 2.75) is 17.0 Å². The number of nitrogens with zero attached hydrogens (tertiary/aromatic N) is 5. The third kappa shape index (κ3) is 6.63. The van der Waals surface area contributed by atoms with Gasteiger partial charge in [-0.15, -0.1) is 20.4 Å². The molecule has 0 fully saturated rings. The molecule has 0 radical (unpaired) electrons. The standard InChI is InChI=1S/C26H21N7O3S3/c1-17-29-32-26(38-17)33-39(35,36)21-14-12-20(13-15-21)27-22(34)16-37-25-28-23(18-8-4-2-5-9-18)24(30-31-25)19-10-6-3-7-11-19/h2-15H,16H2,1H3,(H,27,34)(H,32,33). The first kappa shape index (κ1) is 26.4. The Morgan fingerprint density at radius 2 is 1.46 bits per heavy atom. The van der Waals surface area contributed by atoms with Gasteiger partial charge in [-0.2, -0.15) is 0 Å². The predicted molar refractivity (Wildman–Crippen MR) is 152 cm³/mol. The number of hydrogen-bond acceptors (Lipinski definition) is 10. The van der Waals surface area contributed by atoms with Crippen LogP contribution >= 0.6 is 23.1 Å². The molecule has 1 amide bonds. The van der Waals surface area contributed by atoms with Crippen LogP contribution in [0.15, 0.2) is 95.0 Å². The molecule has 13 heteroatoms. The van der Waals surface area contributed by atoms with Crippen molar-refractivity contribution in [1.82, 2.24) is 25.4 Å². The summed E-state index contributed by atoms with van der Waals surface area (Å²) in [7, 11) is -3.82. The minimum Gasteiger partial charge on any atom is -0.325 e. The molecule has 10 nitrogen and oxygen atoms in total. The topological polar surface area (TPSA) is 140 Å². The van der Waals surface area contributed by atoms with Crippen molar-refractivity contribution in [2.75, 3.05) is 15.8 Å². The zero-order valence-corrected chi connectivity index (χ0v) is 22.9. The zero-order valence-electron chi connectivity index (χ0n) is 20.5. The Bertz CT molecular complexity index is 1700. The van der Waals surface area contributed by atoms with E-state index in [-0.39, 0.29) is 21.7 Å². The van der Waals surface area contributed by atoms with Gasteiger partial charge in [0, 0.05) is 16.8 Å². The summed E-state index contributed by atoms with van der Waals surface area (Å²) < 4.78 is 27.5. The fourth-order valence-corrected chi connectivity index (χ4v) is 5.92. The number of sulfonamides is 1. The molecule has 3 aromatic carbocycles. The lowest BCUT2D eigenvalue weighted by molar-refractivity contribution is -0.113. The number of nitrogens with one attached hydrogen (secondary N) is 2. The van der Waals surface area contributed by atoms with Gasteiger partial charge in [0.25, 0.3) is 10.0 Å². The van der Waals surface area contributed by atoms with Gasteiger partial charge in [-0.05, 0) is 31.2 Å². The summed E-state index contributed by atoms with van der Waals surface area (Å²) in [6.45, 7) is 1.73. The maximum atomic E-state index is 12.6. The largest absolute Gasteiger partial charge is 0.325 e. The lowest BCUT2D eigenvalue weighted by Crippen LogP contribution is -2.15. The number of aromatic nitrogens is 5. The summed E-state index contributed by atoms with van der Waals surface area (Å²) in [4.78, 5) is 17.3. The molecule has 2 heterocycles. The van der Waals surface area contributed by atoms with Crippen LogP contribution in [0.5, 0.6) is 0 Å². The van der Waals surface area contributed by atoms with E-state index in [0.717, 1.165) is 34.2 Å². The average Bonchev–Trinajstić information content (AvgIpc) is 3.36. The Labute approximate surface area is 233 Å². The van der Waals surface area contributed by atoms with Crippen molar-refractivity contribution in [3.05, 3.63) is 89.9 Å². The van der Waals surface area contributed by atoms with Gasteiger partial charge in [-0.1, -0.05) is 83.8 Å². The first-order valence-corrected chi connectivity index (χ1v) is 14.9. The van der Waals surface area contributed by atoms with E-state index in [4.69, 9.17) is 4.98 Å². The van der Waals surface area contributed by atoms with Crippen molar-refractivity contribution in [1.29, 1.82) is 0 Å². The van der Waals surface area contributed by atoms with Gasteiger partial charge < -0.3 is 5.32 Å².